The van der Waals surface area contributed by atoms with E-state index in [0.717, 1.165) is 12.1 Å². The summed E-state index contributed by atoms with van der Waals surface area (Å²) in [5.41, 5.74) is -1.54. The molecule has 0 spiro atoms. The number of hydrogen-bond acceptors (Lipinski definition) is 4. The molecule has 1 aliphatic rings. The van der Waals surface area contributed by atoms with E-state index in [1.165, 1.54) is 12.1 Å². The smallest absolute Gasteiger partial charge is 0.345 e. The molecular weight excluding hydrogens is 404 g/mol. The maximum absolute atomic E-state index is 13.9. The van der Waals surface area contributed by atoms with Crippen molar-refractivity contribution < 1.29 is 40.6 Å². The van der Waals surface area contributed by atoms with Crippen LogP contribution < -0.4 is 0 Å². The number of hydrogen-bond donors (Lipinski definition) is 0. The summed E-state index contributed by atoms with van der Waals surface area (Å²) in [6.45, 7) is 1.69. The maximum atomic E-state index is 13.9. The predicted octanol–water partition coefficient (Wildman–Crippen LogP) is 3.75. The molecule has 0 amide bonds. The Kier molecular flexibility index (Phi) is 6.43. The van der Waals surface area contributed by atoms with Gasteiger partial charge in [-0.05, 0) is 17.7 Å². The third-order valence-electron chi connectivity index (χ3n) is 4.41. The zero-order valence-corrected chi connectivity index (χ0v) is 14.9. The van der Waals surface area contributed by atoms with Crippen LogP contribution in [0.4, 0.5) is 26.3 Å². The zero-order chi connectivity index (χ0) is 21.1. The highest BCUT2D eigenvalue weighted by Gasteiger charge is 2.32. The second kappa shape index (κ2) is 8.83. The third kappa shape index (κ3) is 4.54. The number of esters is 1. The largest absolute Gasteiger partial charge is 0.452 e. The number of benzene rings is 2. The molecule has 2 aromatic carbocycles. The fourth-order valence-corrected chi connectivity index (χ4v) is 2.91. The molecule has 1 atom stereocenters. The summed E-state index contributed by atoms with van der Waals surface area (Å²) in [7, 11) is 0. The van der Waals surface area contributed by atoms with Crippen LogP contribution in [-0.2, 0) is 9.47 Å². The monoisotopic (exact) mass is 419 g/mol. The molecule has 3 rings (SSSR count). The van der Waals surface area contributed by atoms with Gasteiger partial charge in [0.25, 0.3) is 0 Å². The Morgan fingerprint density at radius 1 is 0.966 bits per heavy atom. The molecular formula is C19H15F6NO3. The minimum absolute atomic E-state index is 0.00789. The van der Waals surface area contributed by atoms with Crippen LogP contribution in [0.25, 0.3) is 0 Å². The van der Waals surface area contributed by atoms with E-state index in [0.29, 0.717) is 26.3 Å². The van der Waals surface area contributed by atoms with Crippen LogP contribution in [0.3, 0.4) is 0 Å². The maximum Gasteiger partial charge on any atom is 0.345 e. The van der Waals surface area contributed by atoms with Crippen molar-refractivity contribution in [1.29, 1.82) is 0 Å². The van der Waals surface area contributed by atoms with Crippen molar-refractivity contribution in [3.05, 3.63) is 70.3 Å². The normalized spacial score (nSPS) is 15.9. The van der Waals surface area contributed by atoms with Gasteiger partial charge in [-0.3, -0.25) is 4.90 Å². The van der Waals surface area contributed by atoms with Crippen molar-refractivity contribution in [1.82, 2.24) is 4.90 Å². The Bertz CT molecular complexity index is 888. The first-order chi connectivity index (χ1) is 13.8. The third-order valence-corrected chi connectivity index (χ3v) is 4.41. The van der Waals surface area contributed by atoms with Gasteiger partial charge in [0.05, 0.1) is 13.2 Å². The van der Waals surface area contributed by atoms with Gasteiger partial charge < -0.3 is 9.47 Å². The summed E-state index contributed by atoms with van der Waals surface area (Å²) in [4.78, 5) is 14.1. The van der Waals surface area contributed by atoms with Crippen LogP contribution in [0.2, 0.25) is 0 Å². The lowest BCUT2D eigenvalue weighted by Gasteiger charge is -2.30. The number of carbonyl (C=O) groups excluding carboxylic acids is 1. The molecule has 1 unspecified atom stereocenters. The van der Waals surface area contributed by atoms with E-state index in [1.54, 1.807) is 4.90 Å². The molecule has 0 aliphatic carbocycles. The fourth-order valence-electron chi connectivity index (χ4n) is 2.91. The van der Waals surface area contributed by atoms with Crippen LogP contribution in [-0.4, -0.2) is 43.7 Å². The van der Waals surface area contributed by atoms with Crippen LogP contribution in [0, 0.1) is 34.9 Å². The molecule has 0 aromatic heterocycles. The highest BCUT2D eigenvalue weighted by molar-refractivity contribution is 5.90. The molecule has 29 heavy (non-hydrogen) atoms. The fraction of sp³-hybridized carbons (Fsp3) is 0.316. The average Bonchev–Trinajstić information content (AvgIpc) is 2.71. The van der Waals surface area contributed by atoms with Crippen LogP contribution in [0.5, 0.6) is 0 Å². The van der Waals surface area contributed by atoms with Gasteiger partial charge in [-0.1, -0.05) is 12.1 Å². The lowest BCUT2D eigenvalue weighted by molar-refractivity contribution is -0.00544. The number of ether oxygens (including phenoxy) is 2. The van der Waals surface area contributed by atoms with Gasteiger partial charge in [0, 0.05) is 19.6 Å². The van der Waals surface area contributed by atoms with E-state index in [2.05, 4.69) is 0 Å². The summed E-state index contributed by atoms with van der Waals surface area (Å²) >= 11 is 0. The summed E-state index contributed by atoms with van der Waals surface area (Å²) in [6, 6.07) is 4.95. The van der Waals surface area contributed by atoms with Gasteiger partial charge >= 0.3 is 5.97 Å². The molecule has 0 radical (unpaired) electrons. The van der Waals surface area contributed by atoms with Crippen LogP contribution in [0.1, 0.15) is 22.0 Å². The highest BCUT2D eigenvalue weighted by atomic mass is 19.2. The Morgan fingerprint density at radius 2 is 1.55 bits per heavy atom. The standard InChI is InChI=1S/C19H15F6NO3/c20-11-3-1-2-10(8-11)12(9-26-4-6-28-7-5-26)29-19(27)13-14(21)16(23)18(25)17(24)15(13)22/h1-3,8,12H,4-7,9H2. The lowest BCUT2D eigenvalue weighted by atomic mass is 10.1. The zero-order valence-electron chi connectivity index (χ0n) is 14.9. The Balaban J connectivity index is 1.92. The molecule has 1 heterocycles. The molecule has 0 N–H and O–H groups in total. The molecule has 0 saturated carbocycles. The molecule has 1 saturated heterocycles. The SMILES string of the molecule is O=C(OC(CN1CCOCC1)c1cccc(F)c1)c1c(F)c(F)c(F)c(F)c1F. The number of rotatable bonds is 5. The number of halogens is 6. The summed E-state index contributed by atoms with van der Waals surface area (Å²) in [6.07, 6.45) is -1.22. The van der Waals surface area contributed by atoms with E-state index in [1.807, 2.05) is 0 Å². The second-order valence-corrected chi connectivity index (χ2v) is 6.31. The van der Waals surface area contributed by atoms with Crippen molar-refractivity contribution in [3.63, 3.8) is 0 Å². The molecule has 156 valence electrons. The van der Waals surface area contributed by atoms with E-state index in [9.17, 15) is 31.1 Å². The van der Waals surface area contributed by atoms with Crippen molar-refractivity contribution in [3.8, 4) is 0 Å². The topological polar surface area (TPSA) is 38.8 Å². The van der Waals surface area contributed by atoms with Crippen molar-refractivity contribution in [2.45, 2.75) is 6.10 Å². The van der Waals surface area contributed by atoms with Gasteiger partial charge in [0.1, 0.15) is 17.5 Å². The first kappa shape index (κ1) is 21.1. The lowest BCUT2D eigenvalue weighted by Crippen LogP contribution is -2.39. The number of morpholine rings is 1. The number of nitrogens with zero attached hydrogens (tertiary/aromatic N) is 1. The summed E-state index contributed by atoms with van der Waals surface area (Å²) in [5, 5.41) is 0. The minimum Gasteiger partial charge on any atom is -0.452 e. The molecule has 1 fully saturated rings. The Hall–Kier alpha value is -2.59. The van der Waals surface area contributed by atoms with E-state index in [4.69, 9.17) is 9.47 Å². The molecule has 0 bridgehead atoms. The van der Waals surface area contributed by atoms with E-state index in [-0.39, 0.29) is 12.1 Å². The van der Waals surface area contributed by atoms with Crippen LogP contribution in [0.15, 0.2) is 24.3 Å². The summed E-state index contributed by atoms with van der Waals surface area (Å²) < 4.78 is 91.7. The van der Waals surface area contributed by atoms with E-state index < -0.39 is 52.5 Å². The Morgan fingerprint density at radius 3 is 2.14 bits per heavy atom. The first-order valence-electron chi connectivity index (χ1n) is 8.57. The average molecular weight is 419 g/mol. The molecule has 1 aliphatic heterocycles. The molecule has 2 aromatic rings. The van der Waals surface area contributed by atoms with Gasteiger partial charge in [0.15, 0.2) is 23.3 Å². The summed E-state index contributed by atoms with van der Waals surface area (Å²) in [5.74, 6) is -13.9. The van der Waals surface area contributed by atoms with Crippen molar-refractivity contribution in [2.24, 2.45) is 0 Å². The minimum atomic E-state index is -2.38. The van der Waals surface area contributed by atoms with Crippen molar-refractivity contribution >= 4 is 5.97 Å². The van der Waals surface area contributed by atoms with E-state index >= 15 is 0 Å². The first-order valence-corrected chi connectivity index (χ1v) is 8.57. The second-order valence-electron chi connectivity index (χ2n) is 6.31. The Labute approximate surface area is 161 Å². The quantitative estimate of drug-likeness (QED) is 0.320. The van der Waals surface area contributed by atoms with Gasteiger partial charge in [0.2, 0.25) is 5.82 Å². The predicted molar refractivity (Wildman–Crippen MR) is 88.0 cm³/mol. The number of carbonyl (C=O) groups is 1. The van der Waals surface area contributed by atoms with Gasteiger partial charge in [-0.25, -0.2) is 31.1 Å². The van der Waals surface area contributed by atoms with Gasteiger partial charge in [-0.2, -0.15) is 0 Å². The highest BCUT2D eigenvalue weighted by Crippen LogP contribution is 2.27. The molecule has 4 nitrogen and oxygen atoms in total. The van der Waals surface area contributed by atoms with Crippen LogP contribution >= 0.6 is 0 Å². The molecule has 10 heteroatoms. The van der Waals surface area contributed by atoms with Gasteiger partial charge in [-0.15, -0.1) is 0 Å². The van der Waals surface area contributed by atoms with Crippen molar-refractivity contribution in [2.75, 3.05) is 32.8 Å².